The molecule has 0 saturated heterocycles. The van der Waals surface area contributed by atoms with Gasteiger partial charge in [0.05, 0.1) is 18.4 Å². The van der Waals surface area contributed by atoms with Gasteiger partial charge in [0.25, 0.3) is 0 Å². The van der Waals surface area contributed by atoms with Crippen LogP contribution in [-0.4, -0.2) is 31.7 Å². The van der Waals surface area contributed by atoms with Crippen LogP contribution in [0.2, 0.25) is 0 Å². The van der Waals surface area contributed by atoms with Crippen LogP contribution in [0.5, 0.6) is 0 Å². The summed E-state index contributed by atoms with van der Waals surface area (Å²) >= 11 is 1.20. The summed E-state index contributed by atoms with van der Waals surface area (Å²) in [5, 5.41) is 4.60. The molecule has 15 heavy (non-hydrogen) atoms. The summed E-state index contributed by atoms with van der Waals surface area (Å²) in [6.07, 6.45) is 4.45. The lowest BCUT2D eigenvalue weighted by atomic mass is 10.4. The monoisotopic (exact) mass is 224 g/mol. The van der Waals surface area contributed by atoms with E-state index in [0.717, 1.165) is 0 Å². The summed E-state index contributed by atoms with van der Waals surface area (Å²) in [6, 6.07) is 0. The number of carbonyl (C=O) groups excluding carboxylic acids is 1. The molecule has 78 valence electrons. The van der Waals surface area contributed by atoms with Crippen molar-refractivity contribution in [2.75, 3.05) is 6.61 Å². The minimum atomic E-state index is -0.381. The Kier molecular flexibility index (Phi) is 2.72. The van der Waals surface area contributed by atoms with Gasteiger partial charge in [-0.1, -0.05) is 0 Å². The Labute approximate surface area is 89.7 Å². The molecule has 6 nitrogen and oxygen atoms in total. The number of carbonyl (C=O) groups is 1. The van der Waals surface area contributed by atoms with E-state index in [-0.39, 0.29) is 5.97 Å². The molecular weight excluding hydrogens is 216 g/mol. The van der Waals surface area contributed by atoms with Crippen molar-refractivity contribution in [2.45, 2.75) is 6.92 Å². The van der Waals surface area contributed by atoms with Crippen molar-refractivity contribution < 1.29 is 9.53 Å². The van der Waals surface area contributed by atoms with Gasteiger partial charge >= 0.3 is 5.97 Å². The van der Waals surface area contributed by atoms with Crippen LogP contribution < -0.4 is 0 Å². The molecule has 0 aromatic carbocycles. The van der Waals surface area contributed by atoms with Crippen molar-refractivity contribution in [3.05, 3.63) is 24.3 Å². The van der Waals surface area contributed by atoms with E-state index in [1.807, 2.05) is 0 Å². The van der Waals surface area contributed by atoms with Crippen molar-refractivity contribution in [3.63, 3.8) is 0 Å². The van der Waals surface area contributed by atoms with Gasteiger partial charge in [0.2, 0.25) is 5.13 Å². The number of rotatable bonds is 3. The lowest BCUT2D eigenvalue weighted by molar-refractivity contribution is 0.0526. The van der Waals surface area contributed by atoms with Gasteiger partial charge in [-0.15, -0.1) is 0 Å². The number of ether oxygens (including phenoxy) is 1. The predicted octanol–water partition coefficient (Wildman–Crippen LogP) is 0.901. The highest BCUT2D eigenvalue weighted by atomic mass is 32.1. The van der Waals surface area contributed by atoms with Crippen LogP contribution in [0.3, 0.4) is 0 Å². The Morgan fingerprint density at radius 2 is 2.53 bits per heavy atom. The third-order valence-electron chi connectivity index (χ3n) is 1.64. The Morgan fingerprint density at radius 1 is 1.67 bits per heavy atom. The van der Waals surface area contributed by atoms with Crippen LogP contribution >= 0.6 is 11.5 Å². The number of nitrogens with zero attached hydrogens (tertiary/aromatic N) is 4. The van der Waals surface area contributed by atoms with E-state index in [0.29, 0.717) is 17.3 Å². The van der Waals surface area contributed by atoms with Crippen LogP contribution in [-0.2, 0) is 4.74 Å². The van der Waals surface area contributed by atoms with E-state index in [2.05, 4.69) is 14.5 Å². The Balaban J connectivity index is 2.21. The molecule has 0 spiro atoms. The lowest BCUT2D eigenvalue weighted by Crippen LogP contribution is -2.03. The number of esters is 1. The average molecular weight is 224 g/mol. The quantitative estimate of drug-likeness (QED) is 0.724. The zero-order valence-electron chi connectivity index (χ0n) is 7.95. The van der Waals surface area contributed by atoms with Gasteiger partial charge < -0.3 is 4.74 Å². The van der Waals surface area contributed by atoms with Gasteiger partial charge in [0.15, 0.2) is 0 Å². The number of aromatic nitrogens is 4. The largest absolute Gasteiger partial charge is 0.462 e. The zero-order chi connectivity index (χ0) is 10.7. The number of hydrogen-bond acceptors (Lipinski definition) is 6. The highest BCUT2D eigenvalue weighted by Gasteiger charge is 2.10. The van der Waals surface area contributed by atoms with Crippen molar-refractivity contribution in [1.29, 1.82) is 0 Å². The van der Waals surface area contributed by atoms with E-state index in [1.165, 1.54) is 28.7 Å². The molecular formula is C8H8N4O2S. The molecule has 0 amide bonds. The molecule has 0 aliphatic rings. The molecule has 0 N–H and O–H groups in total. The molecule has 2 aromatic rings. The minimum Gasteiger partial charge on any atom is -0.462 e. The molecule has 0 aliphatic carbocycles. The molecule has 0 atom stereocenters. The van der Waals surface area contributed by atoms with E-state index in [1.54, 1.807) is 13.1 Å². The Morgan fingerprint density at radius 3 is 3.20 bits per heavy atom. The van der Waals surface area contributed by atoms with Crippen LogP contribution in [0.1, 0.15) is 17.3 Å². The fraction of sp³-hybridized carbons (Fsp3) is 0.250. The van der Waals surface area contributed by atoms with E-state index < -0.39 is 0 Å². The smallest absolute Gasteiger partial charge is 0.341 e. The third-order valence-corrected chi connectivity index (χ3v) is 2.29. The molecule has 7 heteroatoms. The maximum absolute atomic E-state index is 11.3. The normalized spacial score (nSPS) is 10.2. The van der Waals surface area contributed by atoms with Gasteiger partial charge in [-0.2, -0.15) is 9.47 Å². The van der Waals surface area contributed by atoms with Crippen LogP contribution in [0, 0.1) is 0 Å². The molecule has 0 bridgehead atoms. The molecule has 0 saturated carbocycles. The summed E-state index contributed by atoms with van der Waals surface area (Å²) < 4.78 is 10.2. The third kappa shape index (κ3) is 2.01. The first kappa shape index (κ1) is 9.78. The maximum atomic E-state index is 11.3. The summed E-state index contributed by atoms with van der Waals surface area (Å²) in [5.74, 6) is -0.381. The van der Waals surface area contributed by atoms with Crippen molar-refractivity contribution in [1.82, 2.24) is 19.1 Å². The maximum Gasteiger partial charge on any atom is 0.341 e. The van der Waals surface area contributed by atoms with Crippen LogP contribution in [0.25, 0.3) is 5.13 Å². The summed E-state index contributed by atoms with van der Waals surface area (Å²) in [5.41, 5.74) is 0.409. The first-order valence-corrected chi connectivity index (χ1v) is 5.07. The molecule has 0 unspecified atom stereocenters. The van der Waals surface area contributed by atoms with E-state index >= 15 is 0 Å². The summed E-state index contributed by atoms with van der Waals surface area (Å²) in [6.45, 7) is 2.11. The second-order valence-electron chi connectivity index (χ2n) is 2.62. The second kappa shape index (κ2) is 4.18. The van der Waals surface area contributed by atoms with Gasteiger partial charge in [-0.25, -0.2) is 14.5 Å². The Hall–Kier alpha value is -1.76. The SMILES string of the molecule is CCOC(=O)c1cnn(-c2ncns2)c1. The summed E-state index contributed by atoms with van der Waals surface area (Å²) in [4.78, 5) is 15.3. The fourth-order valence-electron chi connectivity index (χ4n) is 1.02. The molecule has 0 radical (unpaired) electrons. The first-order chi connectivity index (χ1) is 7.31. The van der Waals surface area contributed by atoms with Crippen LogP contribution in [0.4, 0.5) is 0 Å². The molecule has 2 aromatic heterocycles. The van der Waals surface area contributed by atoms with Gasteiger partial charge in [0.1, 0.15) is 6.33 Å². The van der Waals surface area contributed by atoms with Crippen molar-refractivity contribution >= 4 is 17.5 Å². The number of hydrogen-bond donors (Lipinski definition) is 0. The average Bonchev–Trinajstić information content (AvgIpc) is 2.89. The zero-order valence-corrected chi connectivity index (χ0v) is 8.77. The molecule has 2 heterocycles. The molecule has 2 rings (SSSR count). The molecule has 0 aliphatic heterocycles. The van der Waals surface area contributed by atoms with Crippen LogP contribution in [0.15, 0.2) is 18.7 Å². The highest BCUT2D eigenvalue weighted by Crippen LogP contribution is 2.09. The van der Waals surface area contributed by atoms with Gasteiger partial charge in [-0.05, 0) is 6.92 Å². The van der Waals surface area contributed by atoms with Gasteiger partial charge in [0, 0.05) is 17.7 Å². The van der Waals surface area contributed by atoms with E-state index in [4.69, 9.17) is 4.74 Å². The second-order valence-corrected chi connectivity index (χ2v) is 3.38. The first-order valence-electron chi connectivity index (χ1n) is 4.30. The minimum absolute atomic E-state index is 0.350. The van der Waals surface area contributed by atoms with Gasteiger partial charge in [-0.3, -0.25) is 0 Å². The van der Waals surface area contributed by atoms with Crippen molar-refractivity contribution in [2.24, 2.45) is 0 Å². The van der Waals surface area contributed by atoms with Crippen molar-refractivity contribution in [3.8, 4) is 5.13 Å². The summed E-state index contributed by atoms with van der Waals surface area (Å²) in [7, 11) is 0. The lowest BCUT2D eigenvalue weighted by Gasteiger charge is -1.96. The fourth-order valence-corrected chi connectivity index (χ4v) is 1.48. The topological polar surface area (TPSA) is 69.9 Å². The standard InChI is InChI=1S/C8H8N4O2S/c1-2-14-7(13)6-3-10-12(4-6)8-9-5-11-15-8/h3-5H,2H2,1H3. The Bertz CT molecular complexity index is 451. The van der Waals surface area contributed by atoms with E-state index in [9.17, 15) is 4.79 Å². The predicted molar refractivity (Wildman–Crippen MR) is 53.0 cm³/mol. The molecule has 0 fully saturated rings. The highest BCUT2D eigenvalue weighted by molar-refractivity contribution is 7.07.